The molecule has 2 fully saturated rings. The zero-order valence-electron chi connectivity index (χ0n) is 18.4. The molecule has 170 valence electrons. The minimum absolute atomic E-state index is 0.0772. The van der Waals surface area contributed by atoms with Crippen molar-refractivity contribution in [1.82, 2.24) is 10.2 Å². The van der Waals surface area contributed by atoms with Crippen molar-refractivity contribution < 1.29 is 34.1 Å². The molecule has 0 spiro atoms. The van der Waals surface area contributed by atoms with Crippen LogP contribution in [-0.4, -0.2) is 71.8 Å². The Hall–Kier alpha value is -2.65. The lowest BCUT2D eigenvalue weighted by atomic mass is 9.53. The number of aryl methyl sites for hydroxylation is 1. The number of carbonyl (C=O) groups excluding carboxylic acids is 2. The van der Waals surface area contributed by atoms with E-state index in [4.69, 9.17) is 14.6 Å². The molecule has 0 aromatic heterocycles. The number of hydrogen-bond donors (Lipinski definition) is 3. The predicted molar refractivity (Wildman–Crippen MR) is 112 cm³/mol. The molecule has 1 aromatic rings. The molecule has 0 bridgehead atoms. The third-order valence-electron chi connectivity index (χ3n) is 6.96. The Labute approximate surface area is 181 Å². The van der Waals surface area contributed by atoms with Gasteiger partial charge in [0.15, 0.2) is 11.5 Å². The maximum atomic E-state index is 12.6. The van der Waals surface area contributed by atoms with E-state index in [-0.39, 0.29) is 29.7 Å². The van der Waals surface area contributed by atoms with Crippen molar-refractivity contribution in [3.05, 3.63) is 23.3 Å². The number of carboxylic acid groups (broad SMARTS) is 1. The van der Waals surface area contributed by atoms with Gasteiger partial charge in [0.1, 0.15) is 12.3 Å². The van der Waals surface area contributed by atoms with Crippen LogP contribution in [0.5, 0.6) is 11.5 Å². The van der Waals surface area contributed by atoms with E-state index in [2.05, 4.69) is 10.2 Å². The number of aliphatic carboxylic acids is 1. The van der Waals surface area contributed by atoms with Gasteiger partial charge in [0, 0.05) is 29.9 Å². The molecule has 3 unspecified atom stereocenters. The highest BCUT2D eigenvalue weighted by molar-refractivity contribution is 5.83. The van der Waals surface area contributed by atoms with E-state index in [1.54, 1.807) is 12.1 Å². The molecule has 3 atom stereocenters. The maximum absolute atomic E-state index is 12.6. The second-order valence-corrected chi connectivity index (χ2v) is 8.55. The number of carboxylic acids is 1. The number of Topliss-reactive ketones (excluding diaryl/α,β-unsaturated/α-hetero) is 1. The molecule has 1 amide bonds. The Kier molecular flexibility index (Phi) is 6.29. The molecule has 3 N–H and O–H groups in total. The first-order valence-electron chi connectivity index (χ1n) is 10.4. The Morgan fingerprint density at radius 3 is 2.68 bits per heavy atom. The first-order chi connectivity index (χ1) is 14.6. The molecule has 1 saturated heterocycles. The molecule has 1 aliphatic heterocycles. The number of carbonyl (C=O) groups is 3. The SMILES string of the molecule is COc1c(OC(=O)NCC(=O)O)ccc(C)c1C12CCN(C)C(C)C1(O)CCC(=O)C2. The largest absolute Gasteiger partial charge is 0.493 e. The number of fused-ring (bicyclic) bond motifs is 1. The molecular formula is C22H30N2O7. The van der Waals surface area contributed by atoms with Crippen molar-refractivity contribution in [2.45, 2.75) is 56.6 Å². The number of rotatable bonds is 5. The van der Waals surface area contributed by atoms with Crippen LogP contribution in [0.4, 0.5) is 4.79 Å². The lowest BCUT2D eigenvalue weighted by Gasteiger charge is -2.59. The van der Waals surface area contributed by atoms with E-state index < -0.39 is 29.6 Å². The van der Waals surface area contributed by atoms with Gasteiger partial charge in [-0.05, 0) is 51.9 Å². The molecule has 2 aliphatic rings. The van der Waals surface area contributed by atoms with E-state index in [1.165, 1.54) is 7.11 Å². The van der Waals surface area contributed by atoms with E-state index in [0.29, 0.717) is 31.4 Å². The zero-order valence-corrected chi connectivity index (χ0v) is 18.4. The number of methoxy groups -OCH3 is 1. The lowest BCUT2D eigenvalue weighted by molar-refractivity contribution is -0.161. The minimum Gasteiger partial charge on any atom is -0.493 e. The number of nitrogens with zero attached hydrogens (tertiary/aromatic N) is 1. The minimum atomic E-state index is -1.20. The molecule has 0 radical (unpaired) electrons. The van der Waals surface area contributed by atoms with Crippen LogP contribution in [0.3, 0.4) is 0 Å². The fourth-order valence-corrected chi connectivity index (χ4v) is 5.24. The van der Waals surface area contributed by atoms with E-state index in [0.717, 1.165) is 5.56 Å². The number of aliphatic hydroxyl groups is 1. The average molecular weight is 434 g/mol. The third-order valence-corrected chi connectivity index (χ3v) is 6.96. The van der Waals surface area contributed by atoms with Gasteiger partial charge in [-0.3, -0.25) is 9.59 Å². The number of nitrogens with one attached hydrogen (secondary N) is 1. The molecule has 1 saturated carbocycles. The first kappa shape index (κ1) is 23.0. The van der Waals surface area contributed by atoms with Gasteiger partial charge < -0.3 is 29.9 Å². The molecular weight excluding hydrogens is 404 g/mol. The number of benzene rings is 1. The number of ketones is 1. The van der Waals surface area contributed by atoms with Crippen LogP contribution >= 0.6 is 0 Å². The van der Waals surface area contributed by atoms with Crippen LogP contribution in [0.2, 0.25) is 0 Å². The summed E-state index contributed by atoms with van der Waals surface area (Å²) in [6, 6.07) is 3.13. The van der Waals surface area contributed by atoms with Crippen LogP contribution in [0, 0.1) is 6.92 Å². The van der Waals surface area contributed by atoms with Crippen LogP contribution in [0.25, 0.3) is 0 Å². The Balaban J connectivity index is 2.12. The van der Waals surface area contributed by atoms with Crippen molar-refractivity contribution in [3.8, 4) is 11.5 Å². The highest BCUT2D eigenvalue weighted by Gasteiger charge is 2.61. The summed E-state index contributed by atoms with van der Waals surface area (Å²) in [5.41, 5.74) is -0.578. The summed E-state index contributed by atoms with van der Waals surface area (Å²) >= 11 is 0. The Morgan fingerprint density at radius 2 is 2.03 bits per heavy atom. The topological polar surface area (TPSA) is 125 Å². The summed E-state index contributed by atoms with van der Waals surface area (Å²) in [6.45, 7) is 3.94. The Morgan fingerprint density at radius 1 is 1.32 bits per heavy atom. The Bertz CT molecular complexity index is 902. The number of hydrogen-bond acceptors (Lipinski definition) is 7. The zero-order chi connectivity index (χ0) is 23.0. The summed E-state index contributed by atoms with van der Waals surface area (Å²) in [4.78, 5) is 37.5. The van der Waals surface area contributed by atoms with Crippen LogP contribution in [-0.2, 0) is 15.0 Å². The van der Waals surface area contributed by atoms with Gasteiger partial charge in [0.25, 0.3) is 0 Å². The maximum Gasteiger partial charge on any atom is 0.413 e. The first-order valence-corrected chi connectivity index (χ1v) is 10.4. The molecule has 1 aromatic carbocycles. The van der Waals surface area contributed by atoms with Crippen molar-refractivity contribution in [3.63, 3.8) is 0 Å². The molecule has 1 heterocycles. The molecule has 1 aliphatic carbocycles. The van der Waals surface area contributed by atoms with E-state index in [9.17, 15) is 19.5 Å². The van der Waals surface area contributed by atoms with Crippen LogP contribution in [0.15, 0.2) is 12.1 Å². The molecule has 9 heteroatoms. The summed E-state index contributed by atoms with van der Waals surface area (Å²) in [7, 11) is 3.40. The van der Waals surface area contributed by atoms with Gasteiger partial charge in [0.2, 0.25) is 0 Å². The van der Waals surface area contributed by atoms with Gasteiger partial charge in [-0.25, -0.2) is 4.79 Å². The summed E-state index contributed by atoms with van der Waals surface area (Å²) in [5.74, 6) is -0.741. The standard InChI is InChI=1S/C22H30N2O7/c1-13-5-6-16(31-20(28)23-12-17(26)27)19(30-4)18(13)21-9-10-24(3)14(2)22(21,29)8-7-15(25)11-21/h5-6,14,29H,7-12H2,1-4H3,(H,23,28)(H,26,27). The number of likely N-dealkylation sites (N-methyl/N-ethyl adjacent to an activating group) is 1. The highest BCUT2D eigenvalue weighted by Crippen LogP contribution is 2.57. The average Bonchev–Trinajstić information content (AvgIpc) is 2.72. The fraction of sp³-hybridized carbons (Fsp3) is 0.591. The molecule has 31 heavy (non-hydrogen) atoms. The highest BCUT2D eigenvalue weighted by atomic mass is 16.6. The smallest absolute Gasteiger partial charge is 0.413 e. The number of amides is 1. The normalized spacial score (nSPS) is 28.5. The van der Waals surface area contributed by atoms with Crippen molar-refractivity contribution in [1.29, 1.82) is 0 Å². The lowest BCUT2D eigenvalue weighted by Crippen LogP contribution is -2.69. The van der Waals surface area contributed by atoms with Crippen molar-refractivity contribution in [2.24, 2.45) is 0 Å². The quantitative estimate of drug-likeness (QED) is 0.638. The van der Waals surface area contributed by atoms with Crippen molar-refractivity contribution in [2.75, 3.05) is 27.2 Å². The van der Waals surface area contributed by atoms with Gasteiger partial charge in [-0.2, -0.15) is 0 Å². The summed E-state index contributed by atoms with van der Waals surface area (Å²) < 4.78 is 11.0. The summed E-state index contributed by atoms with van der Waals surface area (Å²) in [5, 5.41) is 22.9. The molecule has 3 rings (SSSR count). The fourth-order valence-electron chi connectivity index (χ4n) is 5.24. The van der Waals surface area contributed by atoms with Crippen LogP contribution < -0.4 is 14.8 Å². The van der Waals surface area contributed by atoms with Gasteiger partial charge in [0.05, 0.1) is 12.7 Å². The predicted octanol–water partition coefficient (Wildman–Crippen LogP) is 1.62. The van der Waals surface area contributed by atoms with E-state index in [1.807, 2.05) is 20.9 Å². The van der Waals surface area contributed by atoms with Gasteiger partial charge in [-0.15, -0.1) is 0 Å². The number of likely N-dealkylation sites (tertiary alicyclic amines) is 1. The summed E-state index contributed by atoms with van der Waals surface area (Å²) in [6.07, 6.45) is 0.435. The second-order valence-electron chi connectivity index (χ2n) is 8.55. The second kappa shape index (κ2) is 8.47. The number of piperidine rings is 1. The molecule has 9 nitrogen and oxygen atoms in total. The van der Waals surface area contributed by atoms with Crippen molar-refractivity contribution >= 4 is 17.8 Å². The van der Waals surface area contributed by atoms with E-state index >= 15 is 0 Å². The monoisotopic (exact) mass is 434 g/mol. The number of ether oxygens (including phenoxy) is 2. The van der Waals surface area contributed by atoms with Gasteiger partial charge in [-0.1, -0.05) is 6.07 Å². The third kappa shape index (κ3) is 3.87. The van der Waals surface area contributed by atoms with Crippen LogP contribution in [0.1, 0.15) is 43.7 Å². The van der Waals surface area contributed by atoms with Gasteiger partial charge >= 0.3 is 12.1 Å².